The summed E-state index contributed by atoms with van der Waals surface area (Å²) in [7, 11) is 1.18. The van der Waals surface area contributed by atoms with Crippen molar-refractivity contribution in [2.24, 2.45) is 0 Å². The van der Waals surface area contributed by atoms with Crippen LogP contribution in [0.4, 0.5) is 0 Å². The minimum absolute atomic E-state index is 0.669. The van der Waals surface area contributed by atoms with Crippen molar-refractivity contribution in [3.63, 3.8) is 0 Å². The summed E-state index contributed by atoms with van der Waals surface area (Å²) in [6.07, 6.45) is 4.11. The molecule has 0 rings (SSSR count). The summed E-state index contributed by atoms with van der Waals surface area (Å²) in [5, 5.41) is 15.8. The van der Waals surface area contributed by atoms with E-state index in [1.807, 2.05) is 0 Å². The van der Waals surface area contributed by atoms with E-state index in [9.17, 15) is 14.4 Å². The third-order valence-corrected chi connectivity index (χ3v) is 0.872. The number of hydrogen-bond acceptors (Lipinski definition) is 4. The highest BCUT2D eigenvalue weighted by atomic mass is 16.5. The van der Waals surface area contributed by atoms with E-state index < -0.39 is 17.9 Å². The lowest BCUT2D eigenvalue weighted by atomic mass is 10.5. The monoisotopic (exact) mass is 216 g/mol. The molecular weight excluding hydrogens is 204 g/mol. The SMILES string of the molecule is C/C=C/C(=O)O.COC(=O)/C=C\C(=O)O. The van der Waals surface area contributed by atoms with Gasteiger partial charge >= 0.3 is 17.9 Å². The average molecular weight is 216 g/mol. The van der Waals surface area contributed by atoms with Crippen molar-refractivity contribution < 1.29 is 29.3 Å². The molecule has 0 aliphatic heterocycles. The second-order valence-electron chi connectivity index (χ2n) is 2.03. The molecule has 0 heterocycles. The van der Waals surface area contributed by atoms with Crippen molar-refractivity contribution in [3.05, 3.63) is 24.3 Å². The van der Waals surface area contributed by atoms with Gasteiger partial charge in [-0.05, 0) is 6.92 Å². The second-order valence-corrected chi connectivity index (χ2v) is 2.03. The first-order chi connectivity index (χ1) is 6.93. The molecule has 0 aliphatic carbocycles. The maximum Gasteiger partial charge on any atom is 0.330 e. The van der Waals surface area contributed by atoms with E-state index in [4.69, 9.17) is 10.2 Å². The van der Waals surface area contributed by atoms with Gasteiger partial charge in [0.2, 0.25) is 0 Å². The number of aliphatic carboxylic acids is 2. The molecule has 0 aromatic carbocycles. The van der Waals surface area contributed by atoms with Gasteiger partial charge in [0.15, 0.2) is 0 Å². The number of carbonyl (C=O) groups is 3. The van der Waals surface area contributed by atoms with E-state index in [0.29, 0.717) is 6.08 Å². The summed E-state index contributed by atoms with van der Waals surface area (Å²) in [5.41, 5.74) is 0. The molecule has 0 fully saturated rings. The van der Waals surface area contributed by atoms with Crippen LogP contribution in [0.1, 0.15) is 6.92 Å². The van der Waals surface area contributed by atoms with Gasteiger partial charge in [-0.15, -0.1) is 0 Å². The topological polar surface area (TPSA) is 101 Å². The molecule has 0 aromatic heterocycles. The Morgan fingerprint density at radius 3 is 1.67 bits per heavy atom. The summed E-state index contributed by atoms with van der Waals surface area (Å²) in [6.45, 7) is 1.66. The third kappa shape index (κ3) is 18.7. The number of carboxylic acid groups (broad SMARTS) is 2. The van der Waals surface area contributed by atoms with Crippen molar-refractivity contribution in [2.45, 2.75) is 6.92 Å². The number of methoxy groups -OCH3 is 1. The first kappa shape index (κ1) is 15.4. The Kier molecular flexibility index (Phi) is 10.2. The standard InChI is InChI=1S/C5H6O4.C4H6O2/c1-9-5(8)3-2-4(6)7;1-2-3-4(5)6/h2-3H,1H3,(H,6,7);2-3H,1H3,(H,5,6)/b3-2-;3-2+. The molecule has 84 valence electrons. The number of ether oxygens (including phenoxy) is 1. The van der Waals surface area contributed by atoms with Crippen molar-refractivity contribution in [3.8, 4) is 0 Å². The molecule has 0 amide bonds. The van der Waals surface area contributed by atoms with Crippen LogP contribution in [0, 0.1) is 0 Å². The predicted octanol–water partition coefficient (Wildman–Crippen LogP) is 0.447. The molecule has 0 saturated carbocycles. The number of allylic oxidation sites excluding steroid dienone is 1. The number of rotatable bonds is 3. The van der Waals surface area contributed by atoms with Gasteiger partial charge in [-0.3, -0.25) is 0 Å². The van der Waals surface area contributed by atoms with Crippen LogP contribution in [0.3, 0.4) is 0 Å². The highest BCUT2D eigenvalue weighted by molar-refractivity contribution is 5.90. The maximum atomic E-state index is 10.1. The normalized spacial score (nSPS) is 9.47. The van der Waals surface area contributed by atoms with Crippen LogP contribution in [0.15, 0.2) is 24.3 Å². The third-order valence-electron chi connectivity index (χ3n) is 0.872. The Balaban J connectivity index is 0. The molecule has 0 aromatic rings. The molecule has 0 saturated heterocycles. The lowest BCUT2D eigenvalue weighted by Gasteiger charge is -1.85. The fourth-order valence-electron chi connectivity index (χ4n) is 0.350. The van der Waals surface area contributed by atoms with Crippen molar-refractivity contribution in [2.75, 3.05) is 7.11 Å². The average Bonchev–Trinajstić information content (AvgIpc) is 2.14. The van der Waals surface area contributed by atoms with Gasteiger partial charge in [0.1, 0.15) is 0 Å². The van der Waals surface area contributed by atoms with Crippen molar-refractivity contribution in [1.29, 1.82) is 0 Å². The predicted molar refractivity (Wildman–Crippen MR) is 51.2 cm³/mol. The fraction of sp³-hybridized carbons (Fsp3) is 0.222. The molecule has 6 nitrogen and oxygen atoms in total. The van der Waals surface area contributed by atoms with Crippen LogP contribution in [0.25, 0.3) is 0 Å². The number of carboxylic acids is 2. The summed E-state index contributed by atoms with van der Waals surface area (Å²) >= 11 is 0. The quantitative estimate of drug-likeness (QED) is 0.524. The van der Waals surface area contributed by atoms with Crippen LogP contribution in [0.2, 0.25) is 0 Å². The lowest BCUT2D eigenvalue weighted by Crippen LogP contribution is -1.96. The van der Waals surface area contributed by atoms with Crippen LogP contribution in [-0.4, -0.2) is 35.2 Å². The van der Waals surface area contributed by atoms with Gasteiger partial charge in [0.05, 0.1) is 7.11 Å². The van der Waals surface area contributed by atoms with Gasteiger partial charge in [0.25, 0.3) is 0 Å². The smallest absolute Gasteiger partial charge is 0.330 e. The zero-order chi connectivity index (χ0) is 12.3. The number of carbonyl (C=O) groups excluding carboxylic acids is 1. The van der Waals surface area contributed by atoms with Gasteiger partial charge in [0, 0.05) is 18.2 Å². The summed E-state index contributed by atoms with van der Waals surface area (Å²) < 4.78 is 4.11. The molecule has 0 bridgehead atoms. The zero-order valence-electron chi connectivity index (χ0n) is 8.34. The molecular formula is C9H12O6. The maximum absolute atomic E-state index is 10.1. The molecule has 0 radical (unpaired) electrons. The van der Waals surface area contributed by atoms with E-state index in [2.05, 4.69) is 4.74 Å². The zero-order valence-corrected chi connectivity index (χ0v) is 8.34. The highest BCUT2D eigenvalue weighted by Crippen LogP contribution is 1.76. The Bertz CT molecular complexity index is 276. The van der Waals surface area contributed by atoms with E-state index in [1.54, 1.807) is 6.92 Å². The molecule has 0 aliphatic rings. The minimum atomic E-state index is -1.17. The Labute approximate surface area is 86.5 Å². The summed E-state index contributed by atoms with van der Waals surface area (Å²) in [5.74, 6) is -2.73. The van der Waals surface area contributed by atoms with Gasteiger partial charge in [-0.2, -0.15) is 0 Å². The first-order valence-corrected chi connectivity index (χ1v) is 3.78. The Hall–Kier alpha value is -2.11. The minimum Gasteiger partial charge on any atom is -0.478 e. The van der Waals surface area contributed by atoms with Gasteiger partial charge in [-0.25, -0.2) is 14.4 Å². The van der Waals surface area contributed by atoms with Gasteiger partial charge in [-0.1, -0.05) is 6.08 Å². The summed E-state index contributed by atoms with van der Waals surface area (Å²) in [4.78, 5) is 29.4. The van der Waals surface area contributed by atoms with Crippen LogP contribution < -0.4 is 0 Å². The van der Waals surface area contributed by atoms with Crippen LogP contribution >= 0.6 is 0 Å². The Morgan fingerprint density at radius 1 is 1.00 bits per heavy atom. The molecule has 0 unspecified atom stereocenters. The molecule has 0 atom stereocenters. The molecule has 2 N–H and O–H groups in total. The largest absolute Gasteiger partial charge is 0.478 e. The Morgan fingerprint density at radius 2 is 1.47 bits per heavy atom. The highest BCUT2D eigenvalue weighted by Gasteiger charge is 1.91. The van der Waals surface area contributed by atoms with E-state index in [1.165, 1.54) is 13.2 Å². The first-order valence-electron chi connectivity index (χ1n) is 3.78. The number of hydrogen-bond donors (Lipinski definition) is 2. The van der Waals surface area contributed by atoms with Gasteiger partial charge < -0.3 is 14.9 Å². The van der Waals surface area contributed by atoms with Crippen LogP contribution in [0.5, 0.6) is 0 Å². The number of esters is 1. The second kappa shape index (κ2) is 9.97. The fourth-order valence-corrected chi connectivity index (χ4v) is 0.350. The van der Waals surface area contributed by atoms with E-state index >= 15 is 0 Å². The van der Waals surface area contributed by atoms with Crippen molar-refractivity contribution in [1.82, 2.24) is 0 Å². The molecule has 6 heteroatoms. The molecule has 0 spiro atoms. The summed E-state index contributed by atoms with van der Waals surface area (Å²) in [6, 6.07) is 0. The van der Waals surface area contributed by atoms with E-state index in [-0.39, 0.29) is 0 Å². The lowest BCUT2D eigenvalue weighted by molar-refractivity contribution is -0.136. The molecule has 15 heavy (non-hydrogen) atoms. The van der Waals surface area contributed by atoms with E-state index in [0.717, 1.165) is 12.2 Å². The van der Waals surface area contributed by atoms with Crippen LogP contribution in [-0.2, 0) is 19.1 Å². The van der Waals surface area contributed by atoms with Crippen molar-refractivity contribution >= 4 is 17.9 Å².